The van der Waals surface area contributed by atoms with E-state index in [1.165, 1.54) is 18.0 Å². The molecule has 0 spiro atoms. The number of carbonyl (C=O) groups is 1. The minimum Gasteiger partial charge on any atom is -0.346 e. The van der Waals surface area contributed by atoms with Gasteiger partial charge in [-0.25, -0.2) is 4.98 Å². The Hall–Kier alpha value is -1.75. The monoisotopic (exact) mass is 233 g/mol. The maximum Gasteiger partial charge on any atom is 0.271 e. The van der Waals surface area contributed by atoms with Crippen LogP contribution in [-0.4, -0.2) is 15.9 Å². The number of carbonyl (C=O) groups excluding carboxylic acids is 1. The summed E-state index contributed by atoms with van der Waals surface area (Å²) in [6.07, 6.45) is 4.50. The summed E-state index contributed by atoms with van der Waals surface area (Å²) < 4.78 is 0. The van der Waals surface area contributed by atoms with E-state index in [1.807, 2.05) is 18.4 Å². The molecule has 2 aromatic heterocycles. The molecule has 1 amide bonds. The van der Waals surface area contributed by atoms with Gasteiger partial charge in [-0.2, -0.15) is 0 Å². The van der Waals surface area contributed by atoms with Crippen molar-refractivity contribution in [2.75, 3.05) is 0 Å². The first-order chi connectivity index (χ1) is 7.77. The molecule has 0 aromatic carbocycles. The fourth-order valence-corrected chi connectivity index (χ4v) is 2.10. The SMILES string of the molecule is Cc1ccsc1CNC(=O)c1cnccn1. The number of rotatable bonds is 3. The third-order valence-electron chi connectivity index (χ3n) is 2.17. The fourth-order valence-electron chi connectivity index (χ4n) is 1.25. The zero-order valence-corrected chi connectivity index (χ0v) is 9.62. The van der Waals surface area contributed by atoms with Crippen molar-refractivity contribution in [3.8, 4) is 0 Å². The molecule has 5 heteroatoms. The first-order valence-corrected chi connectivity index (χ1v) is 5.72. The Morgan fingerprint density at radius 3 is 3.00 bits per heavy atom. The fraction of sp³-hybridized carbons (Fsp3) is 0.182. The van der Waals surface area contributed by atoms with Gasteiger partial charge in [-0.05, 0) is 23.9 Å². The molecule has 0 aliphatic rings. The first kappa shape index (κ1) is 10.8. The molecule has 1 N–H and O–H groups in total. The van der Waals surface area contributed by atoms with Crippen LogP contribution in [0.5, 0.6) is 0 Å². The van der Waals surface area contributed by atoms with Gasteiger partial charge in [-0.15, -0.1) is 11.3 Å². The quantitative estimate of drug-likeness (QED) is 0.879. The van der Waals surface area contributed by atoms with Crippen molar-refractivity contribution in [2.45, 2.75) is 13.5 Å². The highest BCUT2D eigenvalue weighted by atomic mass is 32.1. The van der Waals surface area contributed by atoms with Gasteiger partial charge in [0.15, 0.2) is 0 Å². The summed E-state index contributed by atoms with van der Waals surface area (Å²) >= 11 is 1.64. The predicted octanol–water partition coefficient (Wildman–Crippen LogP) is 1.78. The number of aromatic nitrogens is 2. The van der Waals surface area contributed by atoms with Crippen LogP contribution in [-0.2, 0) is 6.54 Å². The van der Waals surface area contributed by atoms with E-state index in [1.54, 1.807) is 17.5 Å². The van der Waals surface area contributed by atoms with Gasteiger partial charge < -0.3 is 5.32 Å². The highest BCUT2D eigenvalue weighted by molar-refractivity contribution is 7.10. The molecule has 0 bridgehead atoms. The van der Waals surface area contributed by atoms with Gasteiger partial charge in [0, 0.05) is 17.3 Å². The number of aryl methyl sites for hydroxylation is 1. The Kier molecular flexibility index (Phi) is 3.26. The molecule has 0 atom stereocenters. The topological polar surface area (TPSA) is 54.9 Å². The molecule has 0 aliphatic heterocycles. The average Bonchev–Trinajstić information content (AvgIpc) is 2.73. The van der Waals surface area contributed by atoms with Gasteiger partial charge in [0.25, 0.3) is 5.91 Å². The number of nitrogens with zero attached hydrogens (tertiary/aromatic N) is 2. The van der Waals surface area contributed by atoms with E-state index < -0.39 is 0 Å². The third-order valence-corrected chi connectivity index (χ3v) is 3.20. The minimum absolute atomic E-state index is 0.194. The second-order valence-electron chi connectivity index (χ2n) is 3.30. The average molecular weight is 233 g/mol. The maximum atomic E-state index is 11.6. The van der Waals surface area contributed by atoms with E-state index in [0.29, 0.717) is 12.2 Å². The van der Waals surface area contributed by atoms with Crippen LogP contribution in [0.2, 0.25) is 0 Å². The summed E-state index contributed by atoms with van der Waals surface area (Å²) in [4.78, 5) is 20.6. The Morgan fingerprint density at radius 2 is 2.38 bits per heavy atom. The predicted molar refractivity (Wildman–Crippen MR) is 62.3 cm³/mol. The minimum atomic E-state index is -0.194. The molecule has 82 valence electrons. The summed E-state index contributed by atoms with van der Waals surface area (Å²) in [6.45, 7) is 2.57. The molecule has 2 aromatic rings. The van der Waals surface area contributed by atoms with Gasteiger partial charge in [0.2, 0.25) is 0 Å². The Balaban J connectivity index is 1.97. The van der Waals surface area contributed by atoms with Crippen molar-refractivity contribution in [3.63, 3.8) is 0 Å². The summed E-state index contributed by atoms with van der Waals surface area (Å²) in [5.41, 5.74) is 1.54. The third kappa shape index (κ3) is 2.43. The lowest BCUT2D eigenvalue weighted by molar-refractivity contribution is 0.0946. The molecular formula is C11H11N3OS. The van der Waals surface area contributed by atoms with Crippen molar-refractivity contribution >= 4 is 17.2 Å². The molecule has 0 saturated heterocycles. The molecule has 0 saturated carbocycles. The van der Waals surface area contributed by atoms with E-state index in [-0.39, 0.29) is 5.91 Å². The lowest BCUT2D eigenvalue weighted by atomic mass is 10.3. The van der Waals surface area contributed by atoms with Crippen LogP contribution in [0.25, 0.3) is 0 Å². The maximum absolute atomic E-state index is 11.6. The van der Waals surface area contributed by atoms with E-state index >= 15 is 0 Å². The van der Waals surface area contributed by atoms with Crippen LogP contribution in [0.3, 0.4) is 0 Å². The molecule has 16 heavy (non-hydrogen) atoms. The second kappa shape index (κ2) is 4.85. The number of hydrogen-bond donors (Lipinski definition) is 1. The van der Waals surface area contributed by atoms with Gasteiger partial charge in [0.1, 0.15) is 5.69 Å². The van der Waals surface area contributed by atoms with Crippen LogP contribution in [0, 0.1) is 6.92 Å². The Morgan fingerprint density at radius 1 is 1.50 bits per heavy atom. The lowest BCUT2D eigenvalue weighted by Crippen LogP contribution is -2.23. The molecule has 4 nitrogen and oxygen atoms in total. The molecule has 2 rings (SSSR count). The molecule has 2 heterocycles. The normalized spacial score (nSPS) is 10.1. The van der Waals surface area contributed by atoms with E-state index in [4.69, 9.17) is 0 Å². The Bertz CT molecular complexity index is 481. The van der Waals surface area contributed by atoms with E-state index in [0.717, 1.165) is 4.88 Å². The number of amides is 1. The summed E-state index contributed by atoms with van der Waals surface area (Å²) in [6, 6.07) is 2.04. The molecule has 0 unspecified atom stereocenters. The van der Waals surface area contributed by atoms with E-state index in [2.05, 4.69) is 15.3 Å². The van der Waals surface area contributed by atoms with Gasteiger partial charge in [-0.3, -0.25) is 9.78 Å². The van der Waals surface area contributed by atoms with Crippen LogP contribution in [0.1, 0.15) is 20.9 Å². The van der Waals surface area contributed by atoms with Crippen molar-refractivity contribution < 1.29 is 4.79 Å². The van der Waals surface area contributed by atoms with Gasteiger partial charge >= 0.3 is 0 Å². The molecular weight excluding hydrogens is 222 g/mol. The zero-order chi connectivity index (χ0) is 11.4. The highest BCUT2D eigenvalue weighted by Crippen LogP contribution is 2.14. The van der Waals surface area contributed by atoms with Gasteiger partial charge in [0.05, 0.1) is 12.7 Å². The van der Waals surface area contributed by atoms with Crippen LogP contribution >= 0.6 is 11.3 Å². The van der Waals surface area contributed by atoms with Crippen molar-refractivity contribution in [1.29, 1.82) is 0 Å². The lowest BCUT2D eigenvalue weighted by Gasteiger charge is -2.03. The van der Waals surface area contributed by atoms with Crippen molar-refractivity contribution in [1.82, 2.24) is 15.3 Å². The number of hydrogen-bond acceptors (Lipinski definition) is 4. The van der Waals surface area contributed by atoms with Crippen molar-refractivity contribution in [3.05, 3.63) is 46.2 Å². The number of thiophene rings is 1. The molecule has 0 fully saturated rings. The molecule has 0 aliphatic carbocycles. The summed E-state index contributed by atoms with van der Waals surface area (Å²) in [5, 5.41) is 4.82. The van der Waals surface area contributed by atoms with Crippen molar-refractivity contribution in [2.24, 2.45) is 0 Å². The summed E-state index contributed by atoms with van der Waals surface area (Å²) in [5.74, 6) is -0.194. The smallest absolute Gasteiger partial charge is 0.271 e. The zero-order valence-electron chi connectivity index (χ0n) is 8.80. The second-order valence-corrected chi connectivity index (χ2v) is 4.30. The Labute approximate surface area is 97.4 Å². The van der Waals surface area contributed by atoms with Crippen LogP contribution in [0.4, 0.5) is 0 Å². The first-order valence-electron chi connectivity index (χ1n) is 4.84. The van der Waals surface area contributed by atoms with E-state index in [9.17, 15) is 4.79 Å². The number of nitrogens with one attached hydrogen (secondary N) is 1. The van der Waals surface area contributed by atoms with Crippen LogP contribution < -0.4 is 5.32 Å². The van der Waals surface area contributed by atoms with Crippen LogP contribution in [0.15, 0.2) is 30.0 Å². The standard InChI is InChI=1S/C11H11N3OS/c1-8-2-5-16-10(8)7-14-11(15)9-6-12-3-4-13-9/h2-6H,7H2,1H3,(H,14,15). The highest BCUT2D eigenvalue weighted by Gasteiger charge is 2.07. The van der Waals surface area contributed by atoms with Gasteiger partial charge in [-0.1, -0.05) is 0 Å². The largest absolute Gasteiger partial charge is 0.346 e. The summed E-state index contributed by atoms with van der Waals surface area (Å²) in [7, 11) is 0. The molecule has 0 radical (unpaired) electrons.